The number of nitrogens with two attached hydrogens (primary N) is 1. The van der Waals surface area contributed by atoms with E-state index >= 15 is 0 Å². The monoisotopic (exact) mass is 255 g/mol. The molecule has 3 atom stereocenters. The molecule has 2 aliphatic rings. The molecule has 2 N–H and O–H groups in total. The lowest BCUT2D eigenvalue weighted by atomic mass is 9.90. The quantitative estimate of drug-likeness (QED) is 0.698. The van der Waals surface area contributed by atoms with Gasteiger partial charge in [-0.25, -0.2) is 4.79 Å². The van der Waals surface area contributed by atoms with E-state index < -0.39 is 5.60 Å². The van der Waals surface area contributed by atoms with E-state index in [-0.39, 0.29) is 18.2 Å². The minimum Gasteiger partial charge on any atom is -0.444 e. The summed E-state index contributed by atoms with van der Waals surface area (Å²) < 4.78 is 5.46. The van der Waals surface area contributed by atoms with Gasteiger partial charge in [0.1, 0.15) is 5.60 Å². The summed E-state index contributed by atoms with van der Waals surface area (Å²) in [6.45, 7) is 8.31. The minimum absolute atomic E-state index is 0.0743. The summed E-state index contributed by atoms with van der Waals surface area (Å²) >= 11 is 0. The lowest BCUT2D eigenvalue weighted by molar-refractivity contribution is 0.0154. The Bertz CT molecular complexity index is 327. The molecule has 0 saturated carbocycles. The second-order valence-electron chi connectivity index (χ2n) is 6.58. The zero-order chi connectivity index (χ0) is 13.5. The number of fused-ring (bicyclic) bond motifs is 1. The number of carbonyl (C=O) groups excluding carboxylic acids is 1. The number of hydrogen-bond donors (Lipinski definition) is 1. The summed E-state index contributed by atoms with van der Waals surface area (Å²) in [4.78, 5) is 16.3. The summed E-state index contributed by atoms with van der Waals surface area (Å²) in [7, 11) is 2.11. The van der Waals surface area contributed by atoms with Crippen molar-refractivity contribution in [3.8, 4) is 0 Å². The standard InChI is InChI=1S/C13H25N3O2/c1-13(2,3)18-12(17)16-8-10(14)9-7-15(4)6-5-11(9)16/h9-11H,5-8,14H2,1-4H3. The van der Waals surface area contributed by atoms with Crippen molar-refractivity contribution in [2.45, 2.75) is 44.9 Å². The van der Waals surface area contributed by atoms with Gasteiger partial charge < -0.3 is 20.3 Å². The van der Waals surface area contributed by atoms with Gasteiger partial charge in [-0.15, -0.1) is 0 Å². The third kappa shape index (κ3) is 2.78. The molecule has 0 spiro atoms. The molecule has 104 valence electrons. The van der Waals surface area contributed by atoms with Crippen molar-refractivity contribution in [2.75, 3.05) is 26.7 Å². The normalized spacial score (nSPS) is 33.4. The van der Waals surface area contributed by atoms with E-state index in [9.17, 15) is 4.79 Å². The number of carbonyl (C=O) groups is 1. The molecule has 0 bridgehead atoms. The van der Waals surface area contributed by atoms with Crippen LogP contribution in [0.2, 0.25) is 0 Å². The fourth-order valence-electron chi connectivity index (χ4n) is 2.98. The van der Waals surface area contributed by atoms with Crippen LogP contribution in [0, 0.1) is 5.92 Å². The Morgan fingerprint density at radius 2 is 2.00 bits per heavy atom. The summed E-state index contributed by atoms with van der Waals surface area (Å²) in [5.41, 5.74) is 5.73. The summed E-state index contributed by atoms with van der Waals surface area (Å²) in [6, 6.07) is 0.330. The van der Waals surface area contributed by atoms with Gasteiger partial charge in [0.15, 0.2) is 0 Å². The van der Waals surface area contributed by atoms with E-state index in [1.807, 2.05) is 25.7 Å². The maximum atomic E-state index is 12.2. The van der Waals surface area contributed by atoms with E-state index in [1.165, 1.54) is 0 Å². The van der Waals surface area contributed by atoms with Crippen LogP contribution in [-0.4, -0.2) is 60.3 Å². The second kappa shape index (κ2) is 4.70. The summed E-state index contributed by atoms with van der Waals surface area (Å²) in [6.07, 6.45) is 0.781. The molecule has 2 heterocycles. The van der Waals surface area contributed by atoms with Gasteiger partial charge >= 0.3 is 6.09 Å². The number of likely N-dealkylation sites (tertiary alicyclic amines) is 2. The number of amides is 1. The average Bonchev–Trinajstić information content (AvgIpc) is 2.54. The SMILES string of the molecule is CN1CCC2C(C1)C(N)CN2C(=O)OC(C)(C)C. The Balaban J connectivity index is 2.04. The molecule has 2 saturated heterocycles. The molecule has 2 fully saturated rings. The van der Waals surface area contributed by atoms with E-state index in [2.05, 4.69) is 11.9 Å². The first kappa shape index (κ1) is 13.6. The van der Waals surface area contributed by atoms with Crippen LogP contribution in [0.5, 0.6) is 0 Å². The predicted octanol–water partition coefficient (Wildman–Crippen LogP) is 0.885. The summed E-state index contributed by atoms with van der Waals surface area (Å²) in [5, 5.41) is 0. The molecular formula is C13H25N3O2. The maximum absolute atomic E-state index is 12.2. The van der Waals surface area contributed by atoms with E-state index in [0.717, 1.165) is 19.5 Å². The van der Waals surface area contributed by atoms with E-state index in [1.54, 1.807) is 0 Å². The molecule has 0 aliphatic carbocycles. The lowest BCUT2D eigenvalue weighted by Gasteiger charge is -2.37. The van der Waals surface area contributed by atoms with Crippen LogP contribution in [0.3, 0.4) is 0 Å². The van der Waals surface area contributed by atoms with Crippen LogP contribution in [0.1, 0.15) is 27.2 Å². The van der Waals surface area contributed by atoms with Crippen molar-refractivity contribution in [1.29, 1.82) is 0 Å². The Labute approximate surface area is 109 Å². The molecule has 3 unspecified atom stereocenters. The van der Waals surface area contributed by atoms with Crippen molar-refractivity contribution in [3.05, 3.63) is 0 Å². The van der Waals surface area contributed by atoms with Crippen LogP contribution in [0.15, 0.2) is 0 Å². The third-order valence-electron chi connectivity index (χ3n) is 3.81. The molecule has 0 aromatic heterocycles. The van der Waals surface area contributed by atoms with Crippen LogP contribution in [0.25, 0.3) is 0 Å². The van der Waals surface area contributed by atoms with Gasteiger partial charge in [0.25, 0.3) is 0 Å². The molecule has 2 aliphatic heterocycles. The Hall–Kier alpha value is -0.810. The average molecular weight is 255 g/mol. The zero-order valence-corrected chi connectivity index (χ0v) is 11.8. The molecule has 1 amide bonds. The molecule has 18 heavy (non-hydrogen) atoms. The topological polar surface area (TPSA) is 58.8 Å². The highest BCUT2D eigenvalue weighted by molar-refractivity contribution is 5.69. The van der Waals surface area contributed by atoms with Crippen molar-refractivity contribution >= 4 is 6.09 Å². The molecule has 5 heteroatoms. The number of ether oxygens (including phenoxy) is 1. The predicted molar refractivity (Wildman–Crippen MR) is 70.3 cm³/mol. The molecule has 2 rings (SSSR count). The van der Waals surface area contributed by atoms with Crippen LogP contribution >= 0.6 is 0 Å². The Kier molecular flexibility index (Phi) is 3.56. The fourth-order valence-corrected chi connectivity index (χ4v) is 2.98. The first-order chi connectivity index (χ1) is 8.28. The number of piperidine rings is 1. The second-order valence-corrected chi connectivity index (χ2v) is 6.58. The van der Waals surface area contributed by atoms with Crippen molar-refractivity contribution < 1.29 is 9.53 Å². The van der Waals surface area contributed by atoms with Crippen molar-refractivity contribution in [2.24, 2.45) is 11.7 Å². The highest BCUT2D eigenvalue weighted by atomic mass is 16.6. The number of rotatable bonds is 0. The van der Waals surface area contributed by atoms with Crippen molar-refractivity contribution in [1.82, 2.24) is 9.80 Å². The van der Waals surface area contributed by atoms with E-state index in [4.69, 9.17) is 10.5 Å². The highest BCUT2D eigenvalue weighted by Crippen LogP contribution is 2.31. The van der Waals surface area contributed by atoms with Gasteiger partial charge in [-0.05, 0) is 40.8 Å². The number of nitrogens with zero attached hydrogens (tertiary/aromatic N) is 2. The molecule has 5 nitrogen and oxygen atoms in total. The largest absolute Gasteiger partial charge is 0.444 e. The minimum atomic E-state index is -0.440. The molecule has 0 radical (unpaired) electrons. The first-order valence-corrected chi connectivity index (χ1v) is 6.71. The van der Waals surface area contributed by atoms with Gasteiger partial charge in [-0.1, -0.05) is 0 Å². The van der Waals surface area contributed by atoms with Gasteiger partial charge in [0.05, 0.1) is 0 Å². The number of hydrogen-bond acceptors (Lipinski definition) is 4. The van der Waals surface area contributed by atoms with Crippen LogP contribution in [-0.2, 0) is 4.74 Å². The van der Waals surface area contributed by atoms with Gasteiger partial charge in [-0.2, -0.15) is 0 Å². The third-order valence-corrected chi connectivity index (χ3v) is 3.81. The zero-order valence-electron chi connectivity index (χ0n) is 11.8. The van der Waals surface area contributed by atoms with Crippen molar-refractivity contribution in [3.63, 3.8) is 0 Å². The summed E-state index contributed by atoms with van der Waals surface area (Å²) in [5.74, 6) is 0.385. The smallest absolute Gasteiger partial charge is 0.410 e. The Morgan fingerprint density at radius 1 is 1.33 bits per heavy atom. The lowest BCUT2D eigenvalue weighted by Crippen LogP contribution is -2.48. The fraction of sp³-hybridized carbons (Fsp3) is 0.923. The van der Waals surface area contributed by atoms with Gasteiger partial charge in [0, 0.05) is 31.1 Å². The maximum Gasteiger partial charge on any atom is 0.410 e. The molecule has 0 aromatic rings. The first-order valence-electron chi connectivity index (χ1n) is 6.71. The highest BCUT2D eigenvalue weighted by Gasteiger charge is 2.45. The molecular weight excluding hydrogens is 230 g/mol. The molecule has 0 aromatic carbocycles. The van der Waals surface area contributed by atoms with Crippen LogP contribution in [0.4, 0.5) is 4.79 Å². The Morgan fingerprint density at radius 3 is 2.61 bits per heavy atom. The van der Waals surface area contributed by atoms with Gasteiger partial charge in [0.2, 0.25) is 0 Å². The van der Waals surface area contributed by atoms with E-state index in [0.29, 0.717) is 12.5 Å². The van der Waals surface area contributed by atoms with Gasteiger partial charge in [-0.3, -0.25) is 0 Å². The van der Waals surface area contributed by atoms with Crippen LogP contribution < -0.4 is 5.73 Å².